The van der Waals surface area contributed by atoms with Crippen LogP contribution in [0.25, 0.3) is 0 Å². The first-order valence-electron chi connectivity index (χ1n) is 6.40. The Hall–Kier alpha value is -0.0200. The number of hydrogen-bond acceptors (Lipinski definition) is 3. The summed E-state index contributed by atoms with van der Waals surface area (Å²) in [6.07, 6.45) is 1.45. The molecule has 0 aromatic heterocycles. The van der Waals surface area contributed by atoms with Gasteiger partial charge in [0.05, 0.1) is 0 Å². The van der Waals surface area contributed by atoms with E-state index < -0.39 is 11.0 Å². The highest BCUT2D eigenvalue weighted by atomic mass is 32.1. The number of hydrogen-bond donors (Lipinski definition) is 1. The molecule has 0 aliphatic rings. The molecular formula is C14H28O2S. The van der Waals surface area contributed by atoms with Gasteiger partial charge < -0.3 is 4.74 Å². The minimum atomic E-state index is -0.669. The molecule has 17 heavy (non-hydrogen) atoms. The lowest BCUT2D eigenvalue weighted by Gasteiger charge is -2.38. The second kappa shape index (κ2) is 5.75. The van der Waals surface area contributed by atoms with Crippen LogP contribution >= 0.6 is 12.6 Å². The van der Waals surface area contributed by atoms with Gasteiger partial charge in [0.2, 0.25) is 0 Å². The van der Waals surface area contributed by atoms with Crippen molar-refractivity contribution in [1.29, 1.82) is 0 Å². The summed E-state index contributed by atoms with van der Waals surface area (Å²) < 4.78 is 5.51. The number of ether oxygens (including phenoxy) is 1. The van der Waals surface area contributed by atoms with Crippen LogP contribution in [0.2, 0.25) is 0 Å². The Morgan fingerprint density at radius 3 is 1.88 bits per heavy atom. The maximum absolute atomic E-state index is 12.6. The van der Waals surface area contributed by atoms with Crippen molar-refractivity contribution >= 4 is 18.4 Å². The second-order valence-electron chi connectivity index (χ2n) is 6.22. The number of rotatable bonds is 7. The average Bonchev–Trinajstić information content (AvgIpc) is 2.13. The van der Waals surface area contributed by atoms with Crippen LogP contribution < -0.4 is 0 Å². The van der Waals surface area contributed by atoms with Gasteiger partial charge in [-0.15, -0.1) is 0 Å². The van der Waals surface area contributed by atoms with Crippen LogP contribution in [0.3, 0.4) is 0 Å². The fourth-order valence-electron chi connectivity index (χ4n) is 2.52. The summed E-state index contributed by atoms with van der Waals surface area (Å²) >= 11 is 4.53. The smallest absolute Gasteiger partial charge is 0.169 e. The highest BCUT2D eigenvalue weighted by Crippen LogP contribution is 2.37. The molecule has 0 aliphatic heterocycles. The van der Waals surface area contributed by atoms with Gasteiger partial charge in [-0.1, -0.05) is 34.6 Å². The summed E-state index contributed by atoms with van der Waals surface area (Å²) in [5.74, 6) is 0.177. The largest absolute Gasteiger partial charge is 0.368 e. The summed E-state index contributed by atoms with van der Waals surface area (Å²) in [4.78, 5) is 12.6. The molecule has 0 bridgehead atoms. The molecule has 0 aliphatic carbocycles. The van der Waals surface area contributed by atoms with E-state index in [1.54, 1.807) is 0 Å². The second-order valence-corrected chi connectivity index (χ2v) is 7.43. The van der Waals surface area contributed by atoms with Gasteiger partial charge in [-0.3, -0.25) is 4.79 Å². The van der Waals surface area contributed by atoms with Gasteiger partial charge in [-0.2, -0.15) is 12.6 Å². The van der Waals surface area contributed by atoms with Gasteiger partial charge >= 0.3 is 0 Å². The van der Waals surface area contributed by atoms with Gasteiger partial charge in [-0.05, 0) is 26.7 Å². The van der Waals surface area contributed by atoms with Crippen LogP contribution in [0.5, 0.6) is 0 Å². The van der Waals surface area contributed by atoms with E-state index in [0.717, 1.165) is 6.42 Å². The van der Waals surface area contributed by atoms with E-state index in [1.807, 2.05) is 48.5 Å². The van der Waals surface area contributed by atoms with Gasteiger partial charge in [0.15, 0.2) is 5.78 Å². The Labute approximate surface area is 112 Å². The van der Waals surface area contributed by atoms with Crippen molar-refractivity contribution in [2.45, 2.75) is 71.7 Å². The Kier molecular flexibility index (Phi) is 5.74. The normalized spacial score (nSPS) is 16.7. The van der Waals surface area contributed by atoms with Gasteiger partial charge in [0.1, 0.15) is 5.60 Å². The van der Waals surface area contributed by atoms with E-state index in [0.29, 0.717) is 13.0 Å². The summed E-state index contributed by atoms with van der Waals surface area (Å²) in [6, 6.07) is 0. The highest BCUT2D eigenvalue weighted by Gasteiger charge is 2.43. The molecule has 0 saturated heterocycles. The zero-order valence-electron chi connectivity index (χ0n) is 12.4. The lowest BCUT2D eigenvalue weighted by molar-refractivity contribution is -0.152. The lowest BCUT2D eigenvalue weighted by atomic mass is 9.73. The average molecular weight is 260 g/mol. The van der Waals surface area contributed by atoms with Crippen molar-refractivity contribution in [3.05, 3.63) is 0 Å². The number of Topliss-reactive ketones (excluding diaryl/α,β-unsaturated/α-hetero) is 1. The maximum atomic E-state index is 12.6. The monoisotopic (exact) mass is 260 g/mol. The van der Waals surface area contributed by atoms with Gasteiger partial charge in [-0.25, -0.2) is 0 Å². The zero-order valence-corrected chi connectivity index (χ0v) is 13.3. The van der Waals surface area contributed by atoms with Crippen LogP contribution in [-0.2, 0) is 9.53 Å². The van der Waals surface area contributed by atoms with Crippen LogP contribution in [0.4, 0.5) is 0 Å². The molecule has 1 atom stereocenters. The van der Waals surface area contributed by atoms with E-state index in [2.05, 4.69) is 12.6 Å². The summed E-state index contributed by atoms with van der Waals surface area (Å²) in [5, 5.41) is 0. The molecule has 0 N–H and O–H groups in total. The van der Waals surface area contributed by atoms with E-state index >= 15 is 0 Å². The zero-order chi connectivity index (χ0) is 13.9. The van der Waals surface area contributed by atoms with Crippen LogP contribution in [0.15, 0.2) is 0 Å². The van der Waals surface area contributed by atoms with Crippen LogP contribution in [-0.4, -0.2) is 22.7 Å². The summed E-state index contributed by atoms with van der Waals surface area (Å²) in [7, 11) is 0. The Bertz CT molecular complexity index is 266. The molecule has 0 radical (unpaired) electrons. The minimum absolute atomic E-state index is 0.153. The SMILES string of the molecule is CCOC(C)(CC)C(=O)C(C)(C)CC(C)(C)S. The molecule has 102 valence electrons. The third-order valence-electron chi connectivity index (χ3n) is 3.11. The lowest BCUT2D eigenvalue weighted by Crippen LogP contribution is -2.47. The molecule has 0 spiro atoms. The standard InChI is InChI=1S/C14H28O2S/c1-8-14(7,16-9-2)11(15)12(3,4)10-13(5,6)17/h17H,8-10H2,1-7H3. The molecule has 0 aromatic carbocycles. The number of carbonyl (C=O) groups is 1. The first-order chi connectivity index (χ1) is 7.48. The van der Waals surface area contributed by atoms with Gasteiger partial charge in [0.25, 0.3) is 0 Å². The van der Waals surface area contributed by atoms with Crippen molar-refractivity contribution in [3.8, 4) is 0 Å². The van der Waals surface area contributed by atoms with Crippen molar-refractivity contribution in [3.63, 3.8) is 0 Å². The van der Waals surface area contributed by atoms with Crippen molar-refractivity contribution in [2.24, 2.45) is 5.41 Å². The molecule has 0 fully saturated rings. The molecule has 0 heterocycles. The first-order valence-corrected chi connectivity index (χ1v) is 6.84. The number of ketones is 1. The molecular weight excluding hydrogens is 232 g/mol. The molecule has 0 amide bonds. The molecule has 3 heteroatoms. The molecule has 2 nitrogen and oxygen atoms in total. The topological polar surface area (TPSA) is 26.3 Å². The van der Waals surface area contributed by atoms with Gasteiger partial charge in [0, 0.05) is 16.8 Å². The quantitative estimate of drug-likeness (QED) is 0.703. The van der Waals surface area contributed by atoms with Crippen LogP contribution in [0, 0.1) is 5.41 Å². The molecule has 0 rings (SSSR count). The fraction of sp³-hybridized carbons (Fsp3) is 0.929. The predicted octanol–water partition coefficient (Wildman–Crippen LogP) is 3.89. The third kappa shape index (κ3) is 5.01. The van der Waals surface area contributed by atoms with E-state index in [9.17, 15) is 4.79 Å². The summed E-state index contributed by atoms with van der Waals surface area (Å²) in [5.41, 5.74) is -1.08. The Balaban J connectivity index is 5.00. The predicted molar refractivity (Wildman–Crippen MR) is 76.8 cm³/mol. The van der Waals surface area contributed by atoms with Crippen molar-refractivity contribution < 1.29 is 9.53 Å². The van der Waals surface area contributed by atoms with Crippen molar-refractivity contribution in [1.82, 2.24) is 0 Å². The fourth-order valence-corrected chi connectivity index (χ4v) is 2.92. The minimum Gasteiger partial charge on any atom is -0.368 e. The molecule has 1 unspecified atom stereocenters. The molecule has 0 saturated carbocycles. The Morgan fingerprint density at radius 1 is 1.12 bits per heavy atom. The molecule has 0 aromatic rings. The summed E-state index contributed by atoms with van der Waals surface area (Å²) in [6.45, 7) is 14.4. The first kappa shape index (κ1) is 17.0. The van der Waals surface area contributed by atoms with E-state index in [1.165, 1.54) is 0 Å². The van der Waals surface area contributed by atoms with E-state index in [-0.39, 0.29) is 10.5 Å². The Morgan fingerprint density at radius 2 is 1.59 bits per heavy atom. The third-order valence-corrected chi connectivity index (χ3v) is 3.27. The number of thiol groups is 1. The van der Waals surface area contributed by atoms with Crippen LogP contribution in [0.1, 0.15) is 61.3 Å². The highest BCUT2D eigenvalue weighted by molar-refractivity contribution is 7.81. The van der Waals surface area contributed by atoms with Crippen molar-refractivity contribution in [2.75, 3.05) is 6.61 Å². The number of carbonyl (C=O) groups excluding carboxylic acids is 1. The maximum Gasteiger partial charge on any atom is 0.169 e. The van der Waals surface area contributed by atoms with E-state index in [4.69, 9.17) is 4.74 Å².